The number of nitrogens with zero attached hydrogens (tertiary/aromatic N) is 2. The third-order valence-corrected chi connectivity index (χ3v) is 10.3. The zero-order chi connectivity index (χ0) is 31.6. The Bertz CT molecular complexity index is 2770. The van der Waals surface area contributed by atoms with Crippen molar-refractivity contribution in [3.8, 4) is 22.6 Å². The van der Waals surface area contributed by atoms with Gasteiger partial charge in [0.25, 0.3) is 0 Å². The second kappa shape index (κ2) is 10.7. The normalized spacial score (nSPS) is 11.8. The number of thiophene rings is 1. The summed E-state index contributed by atoms with van der Waals surface area (Å²) in [5.41, 5.74) is 9.78. The van der Waals surface area contributed by atoms with Gasteiger partial charge < -0.3 is 13.7 Å². The van der Waals surface area contributed by atoms with Crippen molar-refractivity contribution >= 4 is 81.6 Å². The Balaban J connectivity index is 1.03. The summed E-state index contributed by atoms with van der Waals surface area (Å²) in [5, 5.41) is 4.61. The first-order chi connectivity index (χ1) is 23.8. The van der Waals surface area contributed by atoms with E-state index < -0.39 is 0 Å². The maximum Gasteiger partial charge on any atom is 0.227 e. The van der Waals surface area contributed by atoms with Crippen LogP contribution in [0.15, 0.2) is 167 Å². The minimum Gasteiger partial charge on any atom is -0.456 e. The van der Waals surface area contributed by atoms with E-state index in [1.807, 2.05) is 47.7 Å². The van der Waals surface area contributed by atoms with Crippen LogP contribution in [0.3, 0.4) is 0 Å². The van der Waals surface area contributed by atoms with Gasteiger partial charge in [0.1, 0.15) is 16.7 Å². The Morgan fingerprint density at radius 2 is 1.15 bits per heavy atom. The fraction of sp³-hybridized carbons (Fsp3) is 0. The van der Waals surface area contributed by atoms with Gasteiger partial charge >= 0.3 is 0 Å². The zero-order valence-electron chi connectivity index (χ0n) is 25.6. The van der Waals surface area contributed by atoms with Gasteiger partial charge in [-0.25, -0.2) is 4.98 Å². The first kappa shape index (κ1) is 27.0. The highest BCUT2D eigenvalue weighted by Crippen LogP contribution is 2.42. The third kappa shape index (κ3) is 4.25. The lowest BCUT2D eigenvalue weighted by atomic mass is 10.0. The average Bonchev–Trinajstić information content (AvgIpc) is 3.86. The molecule has 0 atom stereocenters. The van der Waals surface area contributed by atoms with Crippen molar-refractivity contribution in [2.24, 2.45) is 0 Å². The van der Waals surface area contributed by atoms with E-state index in [2.05, 4.69) is 126 Å². The summed E-state index contributed by atoms with van der Waals surface area (Å²) in [4.78, 5) is 7.14. The Kier molecular flexibility index (Phi) is 6.01. The lowest BCUT2D eigenvalue weighted by Gasteiger charge is -2.25. The molecule has 0 aliphatic heterocycles. The third-order valence-electron chi connectivity index (χ3n) is 9.12. The van der Waals surface area contributed by atoms with Crippen LogP contribution < -0.4 is 4.90 Å². The van der Waals surface area contributed by atoms with Crippen LogP contribution in [0.1, 0.15) is 0 Å². The molecule has 10 aromatic rings. The highest BCUT2D eigenvalue weighted by Gasteiger charge is 2.18. The fourth-order valence-electron chi connectivity index (χ4n) is 6.86. The van der Waals surface area contributed by atoms with Crippen LogP contribution in [0.5, 0.6) is 0 Å². The molecule has 0 spiro atoms. The molecule has 4 nitrogen and oxygen atoms in total. The molecule has 3 heterocycles. The molecule has 0 unspecified atom stereocenters. The van der Waals surface area contributed by atoms with E-state index in [0.29, 0.717) is 5.89 Å². The van der Waals surface area contributed by atoms with Crippen molar-refractivity contribution in [3.63, 3.8) is 0 Å². The summed E-state index contributed by atoms with van der Waals surface area (Å²) in [6.07, 6.45) is 0. The van der Waals surface area contributed by atoms with Crippen LogP contribution in [0, 0.1) is 0 Å². The Hall–Kier alpha value is -6.17. The van der Waals surface area contributed by atoms with Crippen LogP contribution in [0.4, 0.5) is 17.1 Å². The van der Waals surface area contributed by atoms with Crippen molar-refractivity contribution in [1.29, 1.82) is 0 Å². The standard InChI is InChI=1S/C43H26N2O2S/c1-2-9-29(10-3-1)45(30-21-17-27(18-22-30)32-13-8-14-34-33-11-5-7-16-39(33)48-42(32)34)31-23-19-28(20-24-31)43-44-36-25-26-38-40(41(36)47-43)35-12-4-6-15-37(35)46-38/h1-26H. The molecule has 5 heteroatoms. The van der Waals surface area contributed by atoms with Gasteiger partial charge in [-0.2, -0.15) is 0 Å². The average molecular weight is 635 g/mol. The highest BCUT2D eigenvalue weighted by molar-refractivity contribution is 7.26. The van der Waals surface area contributed by atoms with Crippen LogP contribution >= 0.6 is 11.3 Å². The van der Waals surface area contributed by atoms with E-state index >= 15 is 0 Å². The molecule has 0 fully saturated rings. The molecule has 0 radical (unpaired) electrons. The smallest absolute Gasteiger partial charge is 0.227 e. The van der Waals surface area contributed by atoms with Gasteiger partial charge in [0.05, 0.1) is 5.39 Å². The fourth-order valence-corrected chi connectivity index (χ4v) is 8.10. The number of fused-ring (bicyclic) bond motifs is 8. The minimum atomic E-state index is 0.584. The first-order valence-electron chi connectivity index (χ1n) is 16.0. The second-order valence-corrected chi connectivity index (χ2v) is 13.0. The Morgan fingerprint density at radius 3 is 1.96 bits per heavy atom. The molecule has 0 bridgehead atoms. The molecule has 3 aromatic heterocycles. The van der Waals surface area contributed by atoms with E-state index in [-0.39, 0.29) is 0 Å². The molecular weight excluding hydrogens is 609 g/mol. The summed E-state index contributed by atoms with van der Waals surface area (Å²) in [7, 11) is 0. The number of hydrogen-bond donors (Lipinski definition) is 0. The largest absolute Gasteiger partial charge is 0.456 e. The molecule has 10 rings (SSSR count). The predicted molar refractivity (Wildman–Crippen MR) is 200 cm³/mol. The number of hydrogen-bond acceptors (Lipinski definition) is 5. The molecule has 0 amide bonds. The van der Waals surface area contributed by atoms with E-state index in [1.165, 1.54) is 31.3 Å². The monoisotopic (exact) mass is 634 g/mol. The van der Waals surface area contributed by atoms with E-state index in [0.717, 1.165) is 55.7 Å². The van der Waals surface area contributed by atoms with Gasteiger partial charge in [-0.05, 0) is 83.9 Å². The van der Waals surface area contributed by atoms with E-state index in [4.69, 9.17) is 13.8 Å². The topological polar surface area (TPSA) is 42.4 Å². The van der Waals surface area contributed by atoms with Crippen molar-refractivity contribution < 1.29 is 8.83 Å². The quantitative estimate of drug-likeness (QED) is 0.189. The van der Waals surface area contributed by atoms with E-state index in [9.17, 15) is 0 Å². The summed E-state index contributed by atoms with van der Waals surface area (Å²) in [5.74, 6) is 0.584. The zero-order valence-corrected chi connectivity index (χ0v) is 26.4. The molecule has 0 aliphatic rings. The summed E-state index contributed by atoms with van der Waals surface area (Å²) >= 11 is 1.86. The van der Waals surface area contributed by atoms with E-state index in [1.54, 1.807) is 0 Å². The van der Waals surface area contributed by atoms with Gasteiger partial charge in [-0.15, -0.1) is 11.3 Å². The Labute approximate surface area is 279 Å². The lowest BCUT2D eigenvalue weighted by molar-refractivity contribution is 0.622. The molecule has 0 N–H and O–H groups in total. The predicted octanol–water partition coefficient (Wildman–Crippen LogP) is 12.9. The highest BCUT2D eigenvalue weighted by atomic mass is 32.1. The number of para-hydroxylation sites is 2. The number of oxazole rings is 1. The lowest BCUT2D eigenvalue weighted by Crippen LogP contribution is -2.09. The summed E-state index contributed by atoms with van der Waals surface area (Å²) < 4.78 is 15.1. The summed E-state index contributed by atoms with van der Waals surface area (Å²) in [6.45, 7) is 0. The molecular formula is C43H26N2O2S. The van der Waals surface area contributed by atoms with Gasteiger partial charge in [0.2, 0.25) is 5.89 Å². The number of aromatic nitrogens is 1. The van der Waals surface area contributed by atoms with Gasteiger partial charge in [0.15, 0.2) is 5.58 Å². The molecule has 0 saturated heterocycles. The van der Waals surface area contributed by atoms with Gasteiger partial charge in [-0.1, -0.05) is 84.9 Å². The molecule has 0 saturated carbocycles. The minimum absolute atomic E-state index is 0.584. The summed E-state index contributed by atoms with van der Waals surface area (Å²) in [6, 6.07) is 55.1. The maximum absolute atomic E-state index is 6.42. The van der Waals surface area contributed by atoms with Crippen molar-refractivity contribution in [3.05, 3.63) is 158 Å². The molecule has 226 valence electrons. The molecule has 7 aromatic carbocycles. The Morgan fingerprint density at radius 1 is 0.479 bits per heavy atom. The van der Waals surface area contributed by atoms with Gasteiger partial charge in [-0.3, -0.25) is 0 Å². The van der Waals surface area contributed by atoms with Crippen molar-refractivity contribution in [1.82, 2.24) is 4.98 Å². The van der Waals surface area contributed by atoms with Crippen LogP contribution in [0.2, 0.25) is 0 Å². The number of rotatable bonds is 5. The first-order valence-corrected chi connectivity index (χ1v) is 16.8. The number of anilines is 3. The van der Waals surface area contributed by atoms with Crippen molar-refractivity contribution in [2.75, 3.05) is 4.90 Å². The SMILES string of the molecule is c1ccc(N(c2ccc(-c3nc4ccc5oc6ccccc6c5c4o3)cc2)c2ccc(-c3cccc4c3sc3ccccc34)cc2)cc1. The second-order valence-electron chi connectivity index (χ2n) is 11.9. The number of benzene rings is 7. The number of furan rings is 1. The van der Waals surface area contributed by atoms with Crippen LogP contribution in [-0.4, -0.2) is 4.98 Å². The van der Waals surface area contributed by atoms with Crippen LogP contribution in [0.25, 0.3) is 75.8 Å². The van der Waals surface area contributed by atoms with Gasteiger partial charge in [0, 0.05) is 48.2 Å². The maximum atomic E-state index is 6.42. The molecule has 48 heavy (non-hydrogen) atoms. The van der Waals surface area contributed by atoms with Crippen molar-refractivity contribution in [2.45, 2.75) is 0 Å². The molecule has 0 aliphatic carbocycles. The van der Waals surface area contributed by atoms with Crippen LogP contribution in [-0.2, 0) is 0 Å².